The highest BCUT2D eigenvalue weighted by atomic mass is 35.7. The van der Waals surface area contributed by atoms with Crippen LogP contribution >= 0.6 is 18.1 Å². The number of ether oxygens (including phenoxy) is 1. The second kappa shape index (κ2) is 10.6. The Labute approximate surface area is 173 Å². The largest absolute Gasteiger partial charge is 0.490 e. The summed E-state index contributed by atoms with van der Waals surface area (Å²) in [7, 11) is 3.11. The van der Waals surface area contributed by atoms with Crippen LogP contribution in [0, 0.1) is 6.92 Å². The fourth-order valence-electron chi connectivity index (χ4n) is 2.04. The van der Waals surface area contributed by atoms with Gasteiger partial charge in [-0.15, -0.1) is 0 Å². The molecule has 1 saturated heterocycles. The Balaban J connectivity index is 0.000000553. The Morgan fingerprint density at radius 1 is 1.43 bits per heavy atom. The molecule has 1 unspecified atom stereocenters. The molecule has 11 nitrogen and oxygen atoms in total. The molecule has 0 radical (unpaired) electrons. The van der Waals surface area contributed by atoms with Gasteiger partial charge in [-0.1, -0.05) is 0 Å². The van der Waals surface area contributed by atoms with Crippen molar-refractivity contribution in [3.63, 3.8) is 0 Å². The zero-order chi connectivity index (χ0) is 23.3. The van der Waals surface area contributed by atoms with Crippen molar-refractivity contribution in [2.24, 2.45) is 0 Å². The number of carboxylic acids is 1. The Morgan fingerprint density at radius 2 is 2.00 bits per heavy atom. The van der Waals surface area contributed by atoms with Gasteiger partial charge in [0.1, 0.15) is 0 Å². The van der Waals surface area contributed by atoms with E-state index in [4.69, 9.17) is 30.4 Å². The van der Waals surface area contributed by atoms with E-state index in [2.05, 4.69) is 10.3 Å². The van der Waals surface area contributed by atoms with Crippen LogP contribution in [0.4, 0.5) is 13.2 Å². The van der Waals surface area contributed by atoms with Crippen molar-refractivity contribution in [2.45, 2.75) is 25.4 Å². The average Bonchev–Trinajstić information content (AvgIpc) is 2.63. The molecule has 1 aromatic heterocycles. The lowest BCUT2D eigenvalue weighted by Crippen LogP contribution is -2.47. The molecule has 2 heterocycles. The highest BCUT2D eigenvalue weighted by molar-refractivity contribution is 7.83. The summed E-state index contributed by atoms with van der Waals surface area (Å²) in [6.07, 6.45) is -4.67. The van der Waals surface area contributed by atoms with Crippen molar-refractivity contribution in [3.8, 4) is 0 Å². The van der Waals surface area contributed by atoms with Crippen LogP contribution in [0.5, 0.6) is 0 Å². The van der Waals surface area contributed by atoms with Gasteiger partial charge in [-0.25, -0.2) is 14.3 Å². The lowest BCUT2D eigenvalue weighted by Gasteiger charge is -2.32. The molecule has 1 aromatic rings. The van der Waals surface area contributed by atoms with E-state index in [-0.39, 0.29) is 6.61 Å². The maximum atomic E-state index is 11.9. The van der Waals surface area contributed by atoms with E-state index in [1.807, 2.05) is 0 Å². The third kappa shape index (κ3) is 7.85. The fourth-order valence-corrected chi connectivity index (χ4v) is 2.79. The number of carbonyl (C=O) groups is 1. The number of hydrogen-bond donors (Lipinski definition) is 3. The zero-order valence-corrected chi connectivity index (χ0v) is 17.8. The van der Waals surface area contributed by atoms with Crippen LogP contribution in [0.2, 0.25) is 0 Å². The number of hydrogen-bond acceptors (Lipinski definition) is 7. The third-order valence-corrected chi connectivity index (χ3v) is 6.26. The first-order chi connectivity index (χ1) is 13.6. The number of nitrogens with one attached hydrogen (secondary N) is 2. The average molecular weight is 481 g/mol. The van der Waals surface area contributed by atoms with Crippen LogP contribution in [-0.2, 0) is 18.6 Å². The predicted octanol–water partition coefficient (Wildman–Crippen LogP) is 0.890. The van der Waals surface area contributed by atoms with Gasteiger partial charge in [0.2, 0.25) is 0 Å². The Kier molecular flexibility index (Phi) is 9.26. The quantitative estimate of drug-likeness (QED) is 0.523. The van der Waals surface area contributed by atoms with Crippen molar-refractivity contribution >= 4 is 24.1 Å². The van der Waals surface area contributed by atoms with E-state index in [1.165, 1.54) is 15.4 Å². The van der Waals surface area contributed by atoms with Crippen molar-refractivity contribution in [1.82, 2.24) is 19.5 Å². The lowest BCUT2D eigenvalue weighted by atomic mass is 10.3. The summed E-state index contributed by atoms with van der Waals surface area (Å²) in [5.41, 5.74) is -0.571. The minimum atomic E-state index is -5.08. The number of nitrogens with zero attached hydrogens (tertiary/aromatic N) is 2. The van der Waals surface area contributed by atoms with Gasteiger partial charge in [0.15, 0.2) is 6.23 Å². The molecule has 172 valence electrons. The number of aliphatic carboxylic acids is 1. The van der Waals surface area contributed by atoms with Gasteiger partial charge < -0.3 is 19.7 Å². The van der Waals surface area contributed by atoms with Gasteiger partial charge in [0.25, 0.3) is 5.56 Å². The molecular formula is C14H21ClF3N4O7P. The molecule has 0 spiro atoms. The molecule has 0 amide bonds. The minimum absolute atomic E-state index is 0.0134. The molecular weight excluding hydrogens is 460 g/mol. The number of aromatic nitrogens is 2. The smallest absolute Gasteiger partial charge is 0.475 e. The van der Waals surface area contributed by atoms with Crippen LogP contribution in [0.1, 0.15) is 11.8 Å². The molecule has 1 aliphatic heterocycles. The van der Waals surface area contributed by atoms with E-state index in [9.17, 15) is 27.3 Å². The standard InChI is InChI=1S/C12H20ClN4O5P.C2HF3O2/c1-8-6-17(12(19)15-11(8)18)10-5-14-4-9(22-10)7-21-23(13,20)16(2)3;3-2(4,5)1(6)7/h6,9-10,14H,4-5,7H2,1-3H3,(H,15,18,19);(H,6,7)/t9-,10+,23?;/m0./s1. The molecule has 0 bridgehead atoms. The van der Waals surface area contributed by atoms with Crippen LogP contribution in [0.15, 0.2) is 15.8 Å². The first kappa shape index (κ1) is 26.3. The summed E-state index contributed by atoms with van der Waals surface area (Å²) >= 11 is 5.80. The van der Waals surface area contributed by atoms with E-state index >= 15 is 0 Å². The Morgan fingerprint density at radius 3 is 2.50 bits per heavy atom. The van der Waals surface area contributed by atoms with Gasteiger partial charge in [0.05, 0.1) is 12.7 Å². The maximum Gasteiger partial charge on any atom is 0.490 e. The maximum absolute atomic E-state index is 11.9. The van der Waals surface area contributed by atoms with Gasteiger partial charge >= 0.3 is 24.7 Å². The monoisotopic (exact) mass is 480 g/mol. The molecule has 3 N–H and O–H groups in total. The molecule has 0 aliphatic carbocycles. The summed E-state index contributed by atoms with van der Waals surface area (Å²) in [5, 5.41) is 10.2. The van der Waals surface area contributed by atoms with Crippen LogP contribution in [0.3, 0.4) is 0 Å². The third-order valence-electron chi connectivity index (χ3n) is 3.64. The van der Waals surface area contributed by atoms with Gasteiger partial charge in [-0.2, -0.15) is 13.2 Å². The zero-order valence-electron chi connectivity index (χ0n) is 16.1. The number of alkyl halides is 3. The van der Waals surface area contributed by atoms with Crippen molar-refractivity contribution in [1.29, 1.82) is 0 Å². The first-order valence-corrected chi connectivity index (χ1v) is 10.7. The molecule has 1 fully saturated rings. The number of aromatic amines is 1. The molecule has 30 heavy (non-hydrogen) atoms. The van der Waals surface area contributed by atoms with E-state index in [0.29, 0.717) is 18.7 Å². The van der Waals surface area contributed by atoms with Crippen LogP contribution < -0.4 is 16.6 Å². The number of morpholine rings is 1. The lowest BCUT2D eigenvalue weighted by molar-refractivity contribution is -0.192. The summed E-state index contributed by atoms with van der Waals surface area (Å²) < 4.78 is 57.3. The predicted molar refractivity (Wildman–Crippen MR) is 99.6 cm³/mol. The molecule has 3 atom stereocenters. The molecule has 0 aromatic carbocycles. The number of carboxylic acid groups (broad SMARTS) is 1. The topological polar surface area (TPSA) is 143 Å². The van der Waals surface area contributed by atoms with Crippen molar-refractivity contribution in [2.75, 3.05) is 33.8 Å². The number of halogens is 4. The molecule has 2 rings (SSSR count). The van der Waals surface area contributed by atoms with Crippen LogP contribution in [0.25, 0.3) is 0 Å². The summed E-state index contributed by atoms with van der Waals surface area (Å²) in [6.45, 7) is -0.881. The van der Waals surface area contributed by atoms with Crippen molar-refractivity contribution in [3.05, 3.63) is 32.6 Å². The van der Waals surface area contributed by atoms with E-state index in [1.54, 1.807) is 21.0 Å². The highest BCUT2D eigenvalue weighted by Gasteiger charge is 2.38. The summed E-state index contributed by atoms with van der Waals surface area (Å²) in [4.78, 5) is 34.4. The summed E-state index contributed by atoms with van der Waals surface area (Å²) in [5.74, 6) is -2.76. The first-order valence-electron chi connectivity index (χ1n) is 8.25. The highest BCUT2D eigenvalue weighted by Crippen LogP contribution is 2.54. The number of H-pyrrole nitrogens is 1. The second-order valence-corrected chi connectivity index (χ2v) is 9.49. The van der Waals surface area contributed by atoms with Gasteiger partial charge in [-0.05, 0) is 32.3 Å². The van der Waals surface area contributed by atoms with Crippen molar-refractivity contribution < 1.29 is 36.9 Å². The van der Waals surface area contributed by atoms with Gasteiger partial charge in [0, 0.05) is 24.8 Å². The summed E-state index contributed by atoms with van der Waals surface area (Å²) in [6, 6.07) is 0. The molecule has 1 aliphatic rings. The van der Waals surface area contributed by atoms with Crippen LogP contribution in [-0.4, -0.2) is 71.4 Å². The van der Waals surface area contributed by atoms with E-state index in [0.717, 1.165) is 0 Å². The SMILES string of the molecule is Cc1cn([C@H]2CNC[C@@H](COP(=O)(Cl)N(C)C)O2)c(=O)[nH]c1=O.O=C(O)C(F)(F)F. The normalized spacial score (nSPS) is 21.5. The minimum Gasteiger partial charge on any atom is -0.475 e. The van der Waals surface area contributed by atoms with Gasteiger partial charge in [-0.3, -0.25) is 18.9 Å². The molecule has 0 saturated carbocycles. The number of aryl methyl sites for hydroxylation is 1. The fraction of sp³-hybridized carbons (Fsp3) is 0.643. The number of rotatable bonds is 5. The van der Waals surface area contributed by atoms with E-state index < -0.39 is 42.6 Å². The Bertz CT molecular complexity index is 905. The second-order valence-electron chi connectivity index (χ2n) is 6.25. The molecule has 16 heteroatoms. The Hall–Kier alpha value is -1.70.